The number of carbonyl (C=O) groups excluding carboxylic acids is 1. The van der Waals surface area contributed by atoms with Gasteiger partial charge in [0.2, 0.25) is 0 Å². The molecule has 0 saturated carbocycles. The van der Waals surface area contributed by atoms with Crippen LogP contribution >= 0.6 is 0 Å². The summed E-state index contributed by atoms with van der Waals surface area (Å²) >= 11 is 0. The van der Waals surface area contributed by atoms with Crippen LogP contribution in [0.15, 0.2) is 12.3 Å². The van der Waals surface area contributed by atoms with E-state index in [0.717, 1.165) is 18.8 Å². The van der Waals surface area contributed by atoms with Crippen LogP contribution in [-0.4, -0.2) is 44.9 Å². The molecular formula is C13H20N6O. The second-order valence-corrected chi connectivity index (χ2v) is 4.95. The average Bonchev–Trinajstić information content (AvgIpc) is 2.95. The van der Waals surface area contributed by atoms with Crippen LogP contribution in [0, 0.1) is 6.92 Å². The van der Waals surface area contributed by atoms with Crippen molar-refractivity contribution in [3.8, 4) is 0 Å². The molecule has 2 aromatic heterocycles. The molecule has 2 rings (SSSR count). The van der Waals surface area contributed by atoms with Crippen LogP contribution in [0.5, 0.6) is 0 Å². The minimum absolute atomic E-state index is 0.190. The Hall–Kier alpha value is -2.15. The Labute approximate surface area is 118 Å². The fourth-order valence-corrected chi connectivity index (χ4v) is 1.93. The first-order valence-electron chi connectivity index (χ1n) is 6.54. The van der Waals surface area contributed by atoms with E-state index in [4.69, 9.17) is 0 Å². The van der Waals surface area contributed by atoms with E-state index >= 15 is 0 Å². The number of rotatable bonds is 5. The SMILES string of the molecule is CCn1cc(C(=O)Nc2cc(CN(C)C)[nH]n2)c(C)n1. The van der Waals surface area contributed by atoms with Gasteiger partial charge in [-0.2, -0.15) is 10.2 Å². The number of nitrogens with one attached hydrogen (secondary N) is 2. The fraction of sp³-hybridized carbons (Fsp3) is 0.462. The molecule has 0 aliphatic carbocycles. The topological polar surface area (TPSA) is 78.8 Å². The first kappa shape index (κ1) is 14.3. The molecule has 2 aromatic rings. The molecule has 7 heteroatoms. The molecule has 0 aliphatic heterocycles. The van der Waals surface area contributed by atoms with Crippen molar-refractivity contribution in [3.63, 3.8) is 0 Å². The Bertz CT molecular complexity index is 598. The number of aromatic amines is 1. The zero-order valence-electron chi connectivity index (χ0n) is 12.3. The molecule has 20 heavy (non-hydrogen) atoms. The number of hydrogen-bond acceptors (Lipinski definition) is 4. The highest BCUT2D eigenvalue weighted by atomic mass is 16.1. The maximum absolute atomic E-state index is 12.2. The molecule has 0 spiro atoms. The Morgan fingerprint density at radius 2 is 2.25 bits per heavy atom. The molecule has 0 bridgehead atoms. The zero-order chi connectivity index (χ0) is 14.7. The first-order valence-corrected chi connectivity index (χ1v) is 6.54. The third kappa shape index (κ3) is 3.24. The average molecular weight is 276 g/mol. The summed E-state index contributed by atoms with van der Waals surface area (Å²) in [4.78, 5) is 14.2. The maximum atomic E-state index is 12.2. The van der Waals surface area contributed by atoms with Crippen molar-refractivity contribution in [2.24, 2.45) is 0 Å². The van der Waals surface area contributed by atoms with Gasteiger partial charge in [-0.25, -0.2) is 0 Å². The lowest BCUT2D eigenvalue weighted by Crippen LogP contribution is -2.12. The van der Waals surface area contributed by atoms with Crippen molar-refractivity contribution < 1.29 is 4.79 Å². The van der Waals surface area contributed by atoms with Gasteiger partial charge >= 0.3 is 0 Å². The van der Waals surface area contributed by atoms with Crippen LogP contribution in [-0.2, 0) is 13.1 Å². The largest absolute Gasteiger partial charge is 0.305 e. The van der Waals surface area contributed by atoms with Crippen molar-refractivity contribution in [2.75, 3.05) is 19.4 Å². The van der Waals surface area contributed by atoms with Crippen LogP contribution < -0.4 is 5.32 Å². The molecule has 0 saturated heterocycles. The van der Waals surface area contributed by atoms with Crippen LogP contribution in [0.4, 0.5) is 5.82 Å². The zero-order valence-corrected chi connectivity index (χ0v) is 12.3. The van der Waals surface area contributed by atoms with Crippen molar-refractivity contribution in [3.05, 3.63) is 29.2 Å². The van der Waals surface area contributed by atoms with Gasteiger partial charge in [-0.15, -0.1) is 0 Å². The van der Waals surface area contributed by atoms with E-state index in [0.29, 0.717) is 17.1 Å². The Balaban J connectivity index is 2.07. The van der Waals surface area contributed by atoms with Gasteiger partial charge in [-0.3, -0.25) is 14.6 Å². The van der Waals surface area contributed by atoms with Gasteiger partial charge in [0.05, 0.1) is 17.0 Å². The van der Waals surface area contributed by atoms with E-state index in [2.05, 4.69) is 20.6 Å². The van der Waals surface area contributed by atoms with Crippen molar-refractivity contribution in [1.29, 1.82) is 0 Å². The number of hydrogen-bond donors (Lipinski definition) is 2. The highest BCUT2D eigenvalue weighted by Crippen LogP contribution is 2.11. The lowest BCUT2D eigenvalue weighted by Gasteiger charge is -2.05. The van der Waals surface area contributed by atoms with E-state index in [-0.39, 0.29) is 5.91 Å². The minimum atomic E-state index is -0.190. The van der Waals surface area contributed by atoms with Gasteiger partial charge in [0, 0.05) is 25.4 Å². The van der Waals surface area contributed by atoms with Gasteiger partial charge in [0.15, 0.2) is 5.82 Å². The standard InChI is InChI=1S/C13H20N6O/c1-5-19-8-11(9(2)17-19)13(20)14-12-6-10(15-16-12)7-18(3)4/h6,8H,5,7H2,1-4H3,(H2,14,15,16,20). The third-order valence-corrected chi connectivity index (χ3v) is 2.87. The predicted octanol–water partition coefficient (Wildman–Crippen LogP) is 1.25. The highest BCUT2D eigenvalue weighted by Gasteiger charge is 2.14. The molecule has 0 unspecified atom stereocenters. The summed E-state index contributed by atoms with van der Waals surface area (Å²) in [6, 6.07) is 1.83. The van der Waals surface area contributed by atoms with E-state index in [9.17, 15) is 4.79 Å². The number of H-pyrrole nitrogens is 1. The number of aromatic nitrogens is 4. The Morgan fingerprint density at radius 3 is 2.85 bits per heavy atom. The summed E-state index contributed by atoms with van der Waals surface area (Å²) in [5.41, 5.74) is 2.24. The van der Waals surface area contributed by atoms with Crippen LogP contribution in [0.25, 0.3) is 0 Å². The van der Waals surface area contributed by atoms with Gasteiger partial charge in [0.25, 0.3) is 5.91 Å². The van der Waals surface area contributed by atoms with Crippen molar-refractivity contribution >= 4 is 11.7 Å². The molecule has 2 heterocycles. The fourth-order valence-electron chi connectivity index (χ4n) is 1.93. The quantitative estimate of drug-likeness (QED) is 0.861. The lowest BCUT2D eigenvalue weighted by atomic mass is 10.2. The van der Waals surface area contributed by atoms with E-state index in [1.165, 1.54) is 0 Å². The molecule has 7 nitrogen and oxygen atoms in total. The number of nitrogens with zero attached hydrogens (tertiary/aromatic N) is 4. The Kier molecular flexibility index (Phi) is 4.19. The van der Waals surface area contributed by atoms with Gasteiger partial charge < -0.3 is 10.2 Å². The summed E-state index contributed by atoms with van der Waals surface area (Å²) in [5.74, 6) is 0.334. The van der Waals surface area contributed by atoms with Gasteiger partial charge in [0.1, 0.15) is 0 Å². The summed E-state index contributed by atoms with van der Waals surface area (Å²) in [7, 11) is 3.95. The highest BCUT2D eigenvalue weighted by molar-refractivity contribution is 6.04. The van der Waals surface area contributed by atoms with E-state index in [1.54, 1.807) is 10.9 Å². The molecule has 0 aromatic carbocycles. The molecule has 0 atom stereocenters. The summed E-state index contributed by atoms with van der Waals surface area (Å²) < 4.78 is 1.74. The van der Waals surface area contributed by atoms with Crippen LogP contribution in [0.2, 0.25) is 0 Å². The molecule has 0 aliphatic rings. The van der Waals surface area contributed by atoms with E-state index < -0.39 is 0 Å². The molecule has 2 N–H and O–H groups in total. The second kappa shape index (κ2) is 5.87. The maximum Gasteiger partial charge on any atom is 0.260 e. The van der Waals surface area contributed by atoms with Gasteiger partial charge in [-0.05, 0) is 27.9 Å². The predicted molar refractivity (Wildman–Crippen MR) is 76.6 cm³/mol. The lowest BCUT2D eigenvalue weighted by molar-refractivity contribution is 0.102. The molecular weight excluding hydrogens is 256 g/mol. The van der Waals surface area contributed by atoms with Crippen LogP contribution in [0.1, 0.15) is 28.7 Å². The molecule has 108 valence electrons. The summed E-state index contributed by atoms with van der Waals surface area (Å²) in [6.07, 6.45) is 1.75. The number of amides is 1. The second-order valence-electron chi connectivity index (χ2n) is 4.95. The minimum Gasteiger partial charge on any atom is -0.305 e. The van der Waals surface area contributed by atoms with Crippen LogP contribution in [0.3, 0.4) is 0 Å². The van der Waals surface area contributed by atoms with Crippen molar-refractivity contribution in [1.82, 2.24) is 24.9 Å². The van der Waals surface area contributed by atoms with Crippen molar-refractivity contribution in [2.45, 2.75) is 26.9 Å². The molecule has 1 amide bonds. The molecule has 0 radical (unpaired) electrons. The van der Waals surface area contributed by atoms with E-state index in [1.807, 2.05) is 38.9 Å². The number of anilines is 1. The summed E-state index contributed by atoms with van der Waals surface area (Å²) in [6.45, 7) is 5.29. The monoisotopic (exact) mass is 276 g/mol. The number of carbonyl (C=O) groups is 1. The summed E-state index contributed by atoms with van der Waals surface area (Å²) in [5, 5.41) is 14.0. The smallest absolute Gasteiger partial charge is 0.260 e. The van der Waals surface area contributed by atoms with Gasteiger partial charge in [-0.1, -0.05) is 0 Å². The molecule has 0 fully saturated rings. The normalized spacial score (nSPS) is 11.1. The number of aryl methyl sites for hydroxylation is 2. The first-order chi connectivity index (χ1) is 9.49. The Morgan fingerprint density at radius 1 is 1.50 bits per heavy atom. The third-order valence-electron chi connectivity index (χ3n) is 2.87.